The van der Waals surface area contributed by atoms with Gasteiger partial charge in [0, 0.05) is 18.0 Å². The molecular weight excluding hydrogens is 490 g/mol. The van der Waals surface area contributed by atoms with Crippen molar-refractivity contribution in [1.82, 2.24) is 0 Å². The van der Waals surface area contributed by atoms with Crippen molar-refractivity contribution in [2.24, 2.45) is 11.3 Å². The Balaban J connectivity index is -0.000000264. The van der Waals surface area contributed by atoms with Crippen LogP contribution in [0.4, 0.5) is 0 Å². The minimum absolute atomic E-state index is 0. The zero-order valence-corrected chi connectivity index (χ0v) is 29.0. The maximum Gasteiger partial charge on any atom is 1.00 e. The summed E-state index contributed by atoms with van der Waals surface area (Å²) in [6, 6.07) is 0. The Labute approximate surface area is 262 Å². The van der Waals surface area contributed by atoms with Crippen LogP contribution in [0, 0.1) is 11.3 Å². The van der Waals surface area contributed by atoms with E-state index in [9.17, 15) is 37.0 Å². The van der Waals surface area contributed by atoms with Crippen LogP contribution in [0.5, 0.6) is 0 Å². The predicted octanol–water partition coefficient (Wildman–Crippen LogP) is -11.7. The Morgan fingerprint density at radius 2 is 1.48 bits per heavy atom. The van der Waals surface area contributed by atoms with Crippen molar-refractivity contribution in [3.63, 3.8) is 0 Å². The Morgan fingerprint density at radius 3 is 1.79 bits per heavy atom. The minimum atomic E-state index is -5.70. The average Bonchev–Trinajstić information content (AvgIpc) is 2.29. The number of rotatable bonds is 11. The molecule has 0 aromatic rings. The monoisotopic (exact) mass is 513 g/mol. The van der Waals surface area contributed by atoms with Crippen molar-refractivity contribution in [3.8, 4) is 0 Å². The fourth-order valence-electron chi connectivity index (χ4n) is 2.27. The smallest absolute Gasteiger partial charge is 0.870 e. The summed E-state index contributed by atoms with van der Waals surface area (Å²) < 4.78 is 47.4. The molecule has 3 unspecified atom stereocenters. The molecule has 0 aromatic heterocycles. The predicted molar refractivity (Wildman–Crippen MR) is 83.1 cm³/mol. The van der Waals surface area contributed by atoms with Crippen LogP contribution in [0.15, 0.2) is 0 Å². The first-order valence-electron chi connectivity index (χ1n) is 7.22. The van der Waals surface area contributed by atoms with Crippen LogP contribution in [-0.4, -0.2) is 22.7 Å². The van der Waals surface area contributed by atoms with Crippen LogP contribution in [0.2, 0.25) is 0 Å². The van der Waals surface area contributed by atoms with E-state index in [-0.39, 0.29) is 155 Å². The molecule has 152 valence electrons. The van der Waals surface area contributed by atoms with Gasteiger partial charge in [0.1, 0.15) is 13.4 Å². The molecule has 0 saturated carbocycles. The van der Waals surface area contributed by atoms with Gasteiger partial charge in [0.15, 0.2) is 0 Å². The molecule has 0 saturated heterocycles. The SMILES string of the molecule is CCC(CC(C)P(=O)([O-])OP(=O)([O-])[O-])C(=O)CC(C)(C)C[S-](=O)=O.[Na+].[Na+].[Na+].[Na+].[OH-]. The van der Waals surface area contributed by atoms with Gasteiger partial charge in [-0.2, -0.15) is 0 Å². The van der Waals surface area contributed by atoms with Crippen LogP contribution < -0.4 is 133 Å². The van der Waals surface area contributed by atoms with E-state index < -0.39 is 43.1 Å². The van der Waals surface area contributed by atoms with Crippen molar-refractivity contribution in [2.75, 3.05) is 5.75 Å². The van der Waals surface area contributed by atoms with E-state index in [4.69, 9.17) is 0 Å². The third kappa shape index (κ3) is 22.1. The van der Waals surface area contributed by atoms with Crippen molar-refractivity contribution in [3.05, 3.63) is 0 Å². The number of hydrogen-bond acceptors (Lipinski definition) is 11. The number of hydrogen-bond donors (Lipinski definition) is 0. The largest absolute Gasteiger partial charge is 1.00 e. The second-order valence-corrected chi connectivity index (χ2v) is 10.9. The summed E-state index contributed by atoms with van der Waals surface area (Å²) in [6.07, 6.45) is -0.00336. The van der Waals surface area contributed by atoms with Gasteiger partial charge in [0.2, 0.25) is 0 Å². The van der Waals surface area contributed by atoms with Gasteiger partial charge in [-0.25, -0.2) is 0 Å². The van der Waals surface area contributed by atoms with E-state index in [1.165, 1.54) is 0 Å². The molecule has 29 heavy (non-hydrogen) atoms. The number of carbonyl (C=O) groups is 1. The number of ketones is 1. The van der Waals surface area contributed by atoms with Crippen molar-refractivity contribution in [2.45, 2.75) is 52.6 Å². The molecule has 0 heterocycles. The maximum atomic E-state index is 12.3. The summed E-state index contributed by atoms with van der Waals surface area (Å²) in [6.45, 7) is 6.00. The summed E-state index contributed by atoms with van der Waals surface area (Å²) in [7, 11) is -13.0. The minimum Gasteiger partial charge on any atom is -0.870 e. The first-order valence-corrected chi connectivity index (χ1v) is 11.5. The quantitative estimate of drug-likeness (QED) is 0.145. The molecule has 0 rings (SSSR count). The molecule has 0 spiro atoms. The molecule has 0 radical (unpaired) electrons. The van der Waals surface area contributed by atoms with Crippen LogP contribution in [0.3, 0.4) is 0 Å². The van der Waals surface area contributed by atoms with Gasteiger partial charge in [0.05, 0.1) is 7.82 Å². The molecule has 1 N–H and O–H groups in total. The second kappa shape index (κ2) is 20.1. The zero-order chi connectivity index (χ0) is 19.3. The Morgan fingerprint density at radius 1 is 1.07 bits per heavy atom. The number of Topliss-reactive ketones (excluding diaryl/α,β-unsaturated/α-hetero) is 1. The van der Waals surface area contributed by atoms with Gasteiger partial charge in [-0.05, 0) is 18.3 Å². The van der Waals surface area contributed by atoms with E-state index in [0.717, 1.165) is 6.92 Å². The van der Waals surface area contributed by atoms with Crippen LogP contribution >= 0.6 is 15.4 Å². The molecule has 10 nitrogen and oxygen atoms in total. The molecule has 0 fully saturated rings. The van der Waals surface area contributed by atoms with Crippen molar-refractivity contribution in [1.29, 1.82) is 0 Å². The maximum absolute atomic E-state index is 12.3. The fourth-order valence-corrected chi connectivity index (χ4v) is 5.28. The Hall–Kier alpha value is 3.88. The van der Waals surface area contributed by atoms with E-state index in [2.05, 4.69) is 4.31 Å². The normalized spacial score (nSPS) is 15.0. The van der Waals surface area contributed by atoms with E-state index in [0.29, 0.717) is 0 Å². The van der Waals surface area contributed by atoms with Crippen LogP contribution in [0.25, 0.3) is 0 Å². The fraction of sp³-hybridized carbons (Fsp3) is 0.917. The van der Waals surface area contributed by atoms with Gasteiger partial charge in [-0.1, -0.05) is 44.2 Å². The van der Waals surface area contributed by atoms with Crippen LogP contribution in [0.1, 0.15) is 47.0 Å². The van der Waals surface area contributed by atoms with Gasteiger partial charge in [-0.3, -0.25) is 4.79 Å². The first kappa shape index (κ1) is 46.2. The van der Waals surface area contributed by atoms with E-state index in [1.807, 2.05) is 0 Å². The Bertz CT molecular complexity index is 618. The van der Waals surface area contributed by atoms with Crippen LogP contribution in [-0.2, 0) is 37.4 Å². The van der Waals surface area contributed by atoms with Gasteiger partial charge >= 0.3 is 118 Å². The molecule has 0 aromatic carbocycles. The van der Waals surface area contributed by atoms with Gasteiger partial charge in [0.25, 0.3) is 0 Å². The number of phosphoric acid groups is 1. The van der Waals surface area contributed by atoms with Crippen molar-refractivity contribution < 1.29 is 165 Å². The van der Waals surface area contributed by atoms with E-state index in [1.54, 1.807) is 20.8 Å². The molecule has 0 aliphatic rings. The molecular formula is C12H23Na4O10P2S-. The van der Waals surface area contributed by atoms with Gasteiger partial charge in [-0.15, -0.1) is 0 Å². The third-order valence-electron chi connectivity index (χ3n) is 3.49. The summed E-state index contributed by atoms with van der Waals surface area (Å²) in [5.74, 6) is -1.26. The number of carbonyl (C=O) groups excluding carboxylic acids is 1. The summed E-state index contributed by atoms with van der Waals surface area (Å²) in [4.78, 5) is 45.0. The molecule has 0 amide bonds. The van der Waals surface area contributed by atoms with Gasteiger partial charge < -0.3 is 42.0 Å². The van der Waals surface area contributed by atoms with Crippen molar-refractivity contribution >= 4 is 31.9 Å². The third-order valence-corrected chi connectivity index (χ3v) is 7.51. The summed E-state index contributed by atoms with van der Waals surface area (Å²) >= 11 is 0. The van der Waals surface area contributed by atoms with E-state index >= 15 is 0 Å². The summed E-state index contributed by atoms with van der Waals surface area (Å²) in [5, 5.41) is 0. The topological polar surface area (TPSA) is 194 Å². The summed E-state index contributed by atoms with van der Waals surface area (Å²) in [5.41, 5.74) is -2.16. The standard InChI is InChI=1S/C12H25O9P2S.4Na.H2O/c1-5-10(11(13)7-12(3,4)8-24(19)20)6-9(2)22(14,15)21-23(16,17)18;;;;;/h9-10H,5-8H2,1-4H3,(H,14,15)(H2,16,17,18);;;;;1H2/q-1;4*+1;/p-4. The molecule has 17 heteroatoms. The average molecular weight is 513 g/mol. The molecule has 0 aliphatic heterocycles. The Kier molecular flexibility index (Phi) is 32.1. The first-order chi connectivity index (χ1) is 10.6. The molecule has 3 atom stereocenters. The molecule has 0 aliphatic carbocycles. The zero-order valence-electron chi connectivity index (χ0n) is 18.4. The second-order valence-electron chi connectivity index (χ2n) is 6.51. The molecule has 0 bridgehead atoms.